The number of carboxylic acids is 2. The molecule has 2 aromatic carbocycles. The Morgan fingerprint density at radius 1 is 0.769 bits per heavy atom. The van der Waals surface area contributed by atoms with E-state index < -0.39 is 11.9 Å². The number of allylic oxidation sites excluding steroid dienone is 1. The summed E-state index contributed by atoms with van der Waals surface area (Å²) in [4.78, 5) is 28.1. The fraction of sp³-hybridized carbons (Fsp3) is 0.200. The number of aliphatic carboxylic acids is 2. The quantitative estimate of drug-likeness (QED) is 0.166. The fourth-order valence-corrected chi connectivity index (χ4v) is 8.70. The molecule has 1 aliphatic heterocycles. The van der Waals surface area contributed by atoms with E-state index in [0.29, 0.717) is 0 Å². The predicted octanol–water partition coefficient (Wildman–Crippen LogP) is 6.68. The van der Waals surface area contributed by atoms with Crippen molar-refractivity contribution in [3.63, 3.8) is 0 Å². The fourth-order valence-electron chi connectivity index (χ4n) is 4.69. The summed E-state index contributed by atoms with van der Waals surface area (Å²) in [5.41, 5.74) is 4.20. The number of aliphatic hydroxyl groups excluding tert-OH is 2. The van der Waals surface area contributed by atoms with E-state index in [1.165, 1.54) is 11.3 Å². The molecule has 0 aliphatic carbocycles. The van der Waals surface area contributed by atoms with E-state index in [-0.39, 0.29) is 37.2 Å². The zero-order chi connectivity index (χ0) is 27.5. The van der Waals surface area contributed by atoms with Crippen LogP contribution < -0.4 is 0 Å². The van der Waals surface area contributed by atoms with Gasteiger partial charge in [-0.2, -0.15) is 0 Å². The second-order valence-corrected chi connectivity index (χ2v) is 12.6. The maximum atomic E-state index is 11.7. The molecule has 0 bridgehead atoms. The molecular formula is C30H26O6S3. The van der Waals surface area contributed by atoms with E-state index in [1.807, 2.05) is 72.8 Å². The van der Waals surface area contributed by atoms with Crippen molar-refractivity contribution in [3.05, 3.63) is 99.9 Å². The molecule has 39 heavy (non-hydrogen) atoms. The number of benzene rings is 2. The zero-order valence-electron chi connectivity index (χ0n) is 20.7. The largest absolute Gasteiger partial charge is 0.481 e. The Bertz CT molecular complexity index is 1550. The SMILES string of the molecule is O=C(O)Cc1cc(-c2cccc(CO)c2)sc1-c1ccc(C2SC(c3cccc(CO)c3)=CC2CC(=O)O)s1. The summed E-state index contributed by atoms with van der Waals surface area (Å²) in [7, 11) is 0. The summed E-state index contributed by atoms with van der Waals surface area (Å²) in [6, 6.07) is 21.1. The molecular weight excluding hydrogens is 553 g/mol. The molecule has 0 saturated heterocycles. The average molecular weight is 579 g/mol. The van der Waals surface area contributed by atoms with Crippen LogP contribution in [0.3, 0.4) is 0 Å². The monoisotopic (exact) mass is 578 g/mol. The Balaban J connectivity index is 1.48. The summed E-state index contributed by atoms with van der Waals surface area (Å²) in [5.74, 6) is -1.97. The lowest BCUT2D eigenvalue weighted by atomic mass is 9.98. The molecule has 3 heterocycles. The minimum absolute atomic E-state index is 0.00268. The van der Waals surface area contributed by atoms with Gasteiger partial charge in [-0.15, -0.1) is 34.4 Å². The van der Waals surface area contributed by atoms with E-state index in [1.54, 1.807) is 23.1 Å². The number of thioether (sulfide) groups is 1. The molecule has 0 saturated carbocycles. The van der Waals surface area contributed by atoms with Crippen LogP contribution in [0.2, 0.25) is 0 Å². The number of thiophene rings is 2. The van der Waals surface area contributed by atoms with Gasteiger partial charge < -0.3 is 20.4 Å². The molecule has 0 radical (unpaired) electrons. The highest BCUT2D eigenvalue weighted by molar-refractivity contribution is 8.08. The van der Waals surface area contributed by atoms with E-state index in [4.69, 9.17) is 0 Å². The first-order valence-corrected chi connectivity index (χ1v) is 14.8. The third-order valence-corrected chi connectivity index (χ3v) is 10.7. The lowest BCUT2D eigenvalue weighted by Gasteiger charge is -2.15. The van der Waals surface area contributed by atoms with Crippen molar-refractivity contribution >= 4 is 51.3 Å². The Morgan fingerprint density at radius 3 is 2.13 bits per heavy atom. The lowest BCUT2D eigenvalue weighted by Crippen LogP contribution is -2.08. The van der Waals surface area contributed by atoms with Crippen LogP contribution in [0.4, 0.5) is 0 Å². The van der Waals surface area contributed by atoms with Gasteiger partial charge in [0.1, 0.15) is 0 Å². The van der Waals surface area contributed by atoms with Gasteiger partial charge in [0, 0.05) is 30.3 Å². The van der Waals surface area contributed by atoms with E-state index >= 15 is 0 Å². The average Bonchev–Trinajstić information content (AvgIpc) is 3.66. The molecule has 4 N–H and O–H groups in total. The summed E-state index contributed by atoms with van der Waals surface area (Å²) >= 11 is 4.72. The normalized spacial score (nSPS) is 16.8. The number of aliphatic hydroxyl groups is 2. The Labute approximate surface area is 237 Å². The van der Waals surface area contributed by atoms with Crippen LogP contribution in [0.15, 0.2) is 72.8 Å². The smallest absolute Gasteiger partial charge is 0.307 e. The van der Waals surface area contributed by atoms with Gasteiger partial charge in [0.05, 0.1) is 31.3 Å². The number of hydrogen-bond acceptors (Lipinski definition) is 7. The topological polar surface area (TPSA) is 115 Å². The van der Waals surface area contributed by atoms with Gasteiger partial charge in [0.2, 0.25) is 0 Å². The number of carboxylic acid groups (broad SMARTS) is 2. The van der Waals surface area contributed by atoms with Gasteiger partial charge in [-0.25, -0.2) is 0 Å². The summed E-state index contributed by atoms with van der Waals surface area (Å²) in [5, 5.41) is 38.2. The standard InChI is InChI=1S/C30H26O6S3/c31-15-17-3-1-5-19(9-17)25-11-21(13-27(33)34)29(38-25)23-7-8-24(37-23)30-22(14-28(35)36)12-26(39-30)20-6-2-4-18(10-20)16-32/h1-12,21,29,31-32H,13-16H2,(H,33,34)(H,35,36). The molecule has 0 spiro atoms. The van der Waals surface area contributed by atoms with Gasteiger partial charge in [-0.05, 0) is 58.1 Å². The minimum Gasteiger partial charge on any atom is -0.481 e. The first-order chi connectivity index (χ1) is 18.8. The molecule has 5 rings (SSSR count). The lowest BCUT2D eigenvalue weighted by molar-refractivity contribution is -0.138. The van der Waals surface area contributed by atoms with Crippen molar-refractivity contribution in [1.29, 1.82) is 0 Å². The third-order valence-electron chi connectivity index (χ3n) is 6.49. The van der Waals surface area contributed by atoms with Gasteiger partial charge in [0.25, 0.3) is 0 Å². The second kappa shape index (κ2) is 11.9. The highest BCUT2D eigenvalue weighted by Crippen LogP contribution is 2.55. The summed E-state index contributed by atoms with van der Waals surface area (Å²) < 4.78 is 0. The molecule has 1 aliphatic rings. The van der Waals surface area contributed by atoms with Gasteiger partial charge >= 0.3 is 11.9 Å². The first-order valence-electron chi connectivity index (χ1n) is 12.3. The third kappa shape index (κ3) is 6.18. The van der Waals surface area contributed by atoms with Gasteiger partial charge in [-0.3, -0.25) is 9.59 Å². The molecule has 0 fully saturated rings. The second-order valence-electron chi connectivity index (χ2n) is 9.29. The minimum atomic E-state index is -0.909. The Morgan fingerprint density at radius 2 is 1.46 bits per heavy atom. The Hall–Kier alpha value is -3.21. The predicted molar refractivity (Wildman–Crippen MR) is 157 cm³/mol. The Kier molecular flexibility index (Phi) is 8.34. The van der Waals surface area contributed by atoms with Crippen molar-refractivity contribution in [3.8, 4) is 20.2 Å². The summed E-state index contributed by atoms with van der Waals surface area (Å²) in [6.45, 7) is -0.132. The van der Waals surface area contributed by atoms with E-state index in [0.717, 1.165) is 52.2 Å². The number of rotatable bonds is 10. The maximum absolute atomic E-state index is 11.7. The first kappa shape index (κ1) is 27.4. The number of carbonyl (C=O) groups is 2. The maximum Gasteiger partial charge on any atom is 0.307 e. The molecule has 200 valence electrons. The summed E-state index contributed by atoms with van der Waals surface area (Å²) in [6.07, 6.45) is 1.92. The molecule has 2 unspecified atom stereocenters. The van der Waals surface area contributed by atoms with E-state index in [9.17, 15) is 30.0 Å². The molecule has 4 aromatic rings. The highest BCUT2D eigenvalue weighted by Gasteiger charge is 2.33. The van der Waals surface area contributed by atoms with Crippen LogP contribution in [-0.4, -0.2) is 32.4 Å². The number of hydrogen-bond donors (Lipinski definition) is 4. The molecule has 6 nitrogen and oxygen atoms in total. The van der Waals surface area contributed by atoms with Crippen LogP contribution in [0, 0.1) is 5.92 Å². The highest BCUT2D eigenvalue weighted by atomic mass is 32.2. The van der Waals surface area contributed by atoms with Crippen molar-refractivity contribution in [2.45, 2.75) is 31.3 Å². The van der Waals surface area contributed by atoms with E-state index in [2.05, 4.69) is 0 Å². The van der Waals surface area contributed by atoms with Crippen molar-refractivity contribution in [2.75, 3.05) is 0 Å². The van der Waals surface area contributed by atoms with Crippen LogP contribution in [0.5, 0.6) is 0 Å². The van der Waals surface area contributed by atoms with Crippen LogP contribution in [0.1, 0.15) is 38.8 Å². The van der Waals surface area contributed by atoms with Crippen molar-refractivity contribution < 1.29 is 30.0 Å². The molecule has 2 aromatic heterocycles. The van der Waals surface area contributed by atoms with Crippen molar-refractivity contribution in [2.24, 2.45) is 5.92 Å². The van der Waals surface area contributed by atoms with Crippen LogP contribution >= 0.6 is 34.4 Å². The van der Waals surface area contributed by atoms with Gasteiger partial charge in [-0.1, -0.05) is 42.5 Å². The van der Waals surface area contributed by atoms with Crippen molar-refractivity contribution in [1.82, 2.24) is 0 Å². The zero-order valence-corrected chi connectivity index (χ0v) is 23.2. The molecule has 0 amide bonds. The molecule has 9 heteroatoms. The van der Waals surface area contributed by atoms with Gasteiger partial charge in [0.15, 0.2) is 0 Å². The van der Waals surface area contributed by atoms with Crippen LogP contribution in [-0.2, 0) is 29.2 Å². The molecule has 2 atom stereocenters. The van der Waals surface area contributed by atoms with Crippen LogP contribution in [0.25, 0.3) is 25.1 Å².